The summed E-state index contributed by atoms with van der Waals surface area (Å²) in [6.07, 6.45) is 0. The summed E-state index contributed by atoms with van der Waals surface area (Å²) in [5, 5.41) is 9.74. The molecule has 0 unspecified atom stereocenters. The second-order valence-electron chi connectivity index (χ2n) is 6.82. The first-order valence-corrected chi connectivity index (χ1v) is 10.1. The summed E-state index contributed by atoms with van der Waals surface area (Å²) in [4.78, 5) is 13.6. The highest BCUT2D eigenvalue weighted by Gasteiger charge is 2.55. The Labute approximate surface area is 156 Å². The van der Waals surface area contributed by atoms with Gasteiger partial charge in [0.1, 0.15) is 5.82 Å². The fraction of sp³-hybridized carbons (Fsp3) is 0.316. The van der Waals surface area contributed by atoms with Crippen molar-refractivity contribution in [1.82, 2.24) is 4.90 Å². The maximum Gasteiger partial charge on any atom is 0.264 e. The molecular weight excluding hydrogens is 371 g/mol. The molecule has 2 aliphatic rings. The highest BCUT2D eigenvalue weighted by Crippen LogP contribution is 2.49. The minimum atomic E-state index is -3.92. The molecule has 2 aromatic rings. The Balaban J connectivity index is 1.81. The van der Waals surface area contributed by atoms with Gasteiger partial charge in [-0.3, -0.25) is 9.10 Å². The van der Waals surface area contributed by atoms with Crippen LogP contribution < -0.4 is 4.31 Å². The Kier molecular flexibility index (Phi) is 4.20. The lowest BCUT2D eigenvalue weighted by Gasteiger charge is -2.58. The Morgan fingerprint density at radius 3 is 2.48 bits per heavy atom. The van der Waals surface area contributed by atoms with E-state index in [1.807, 2.05) is 12.1 Å². The predicted octanol–water partition coefficient (Wildman–Crippen LogP) is 1.71. The maximum atomic E-state index is 13.2. The van der Waals surface area contributed by atoms with Crippen LogP contribution in [0.3, 0.4) is 0 Å². The number of hydrogen-bond donors (Lipinski definition) is 1. The molecule has 1 fully saturated rings. The van der Waals surface area contributed by atoms with Gasteiger partial charge in [0, 0.05) is 12.8 Å². The number of carbonyl (C=O) groups is 1. The van der Waals surface area contributed by atoms with Crippen LogP contribution in [0.25, 0.3) is 0 Å². The molecule has 0 aromatic heterocycles. The number of fused-ring (bicyclic) bond motifs is 3. The number of halogens is 1. The molecule has 1 amide bonds. The van der Waals surface area contributed by atoms with Gasteiger partial charge < -0.3 is 10.0 Å². The standard InChI is InChI=1S/C19H19FN2O4S/c1-12(24)22-17-10-21(27(25,26)14-8-6-13(20)7-9-14)16-5-3-2-4-15(16)19(17)18(22)11-23/h2-9,17-19,23H,10-11H2,1H3/t17-,18-,19+/m0/s1. The van der Waals surface area contributed by atoms with E-state index in [-0.39, 0.29) is 42.0 Å². The van der Waals surface area contributed by atoms with Gasteiger partial charge in [0.2, 0.25) is 5.91 Å². The van der Waals surface area contributed by atoms with Crippen LogP contribution in [0.4, 0.5) is 10.1 Å². The molecule has 8 heteroatoms. The lowest BCUT2D eigenvalue weighted by atomic mass is 9.72. The number of amides is 1. The molecule has 1 N–H and O–H groups in total. The Bertz CT molecular complexity index is 993. The molecule has 2 heterocycles. The maximum absolute atomic E-state index is 13.2. The Hall–Kier alpha value is -2.45. The van der Waals surface area contributed by atoms with Crippen molar-refractivity contribution >= 4 is 21.6 Å². The Morgan fingerprint density at radius 1 is 1.19 bits per heavy atom. The van der Waals surface area contributed by atoms with E-state index in [1.54, 1.807) is 17.0 Å². The van der Waals surface area contributed by atoms with Crippen LogP contribution in [-0.2, 0) is 14.8 Å². The van der Waals surface area contributed by atoms with Crippen LogP contribution in [0.1, 0.15) is 18.4 Å². The minimum Gasteiger partial charge on any atom is -0.394 e. The summed E-state index contributed by atoms with van der Waals surface area (Å²) in [5.74, 6) is -0.829. The molecule has 1 saturated heterocycles. The first-order valence-electron chi connectivity index (χ1n) is 8.63. The van der Waals surface area contributed by atoms with E-state index in [0.29, 0.717) is 5.69 Å². The van der Waals surface area contributed by atoms with Gasteiger partial charge in [0.05, 0.1) is 35.8 Å². The van der Waals surface area contributed by atoms with Crippen molar-refractivity contribution in [3.63, 3.8) is 0 Å². The first kappa shape index (κ1) is 17.9. The van der Waals surface area contributed by atoms with E-state index >= 15 is 0 Å². The van der Waals surface area contributed by atoms with Crippen LogP contribution >= 0.6 is 0 Å². The number of aliphatic hydroxyl groups excluding tert-OH is 1. The van der Waals surface area contributed by atoms with Gasteiger partial charge in [-0.1, -0.05) is 18.2 Å². The average molecular weight is 390 g/mol. The molecule has 3 atom stereocenters. The third-order valence-corrected chi connectivity index (χ3v) is 7.21. The SMILES string of the molecule is CC(=O)N1[C@@H](CO)[C@@H]2c3ccccc3N(S(=O)(=O)c3ccc(F)cc3)C[C@@H]21. The number of carbonyl (C=O) groups excluding carboxylic acids is 1. The number of para-hydroxylation sites is 1. The van der Waals surface area contributed by atoms with Crippen LogP contribution in [0.2, 0.25) is 0 Å². The normalized spacial score (nSPS) is 24.0. The molecule has 2 aliphatic heterocycles. The topological polar surface area (TPSA) is 77.9 Å². The van der Waals surface area contributed by atoms with Crippen molar-refractivity contribution < 1.29 is 22.7 Å². The van der Waals surface area contributed by atoms with Crippen molar-refractivity contribution in [1.29, 1.82) is 0 Å². The predicted molar refractivity (Wildman–Crippen MR) is 97.3 cm³/mol. The molecule has 2 aromatic carbocycles. The lowest BCUT2D eigenvalue weighted by Crippen LogP contribution is -2.70. The van der Waals surface area contributed by atoms with E-state index < -0.39 is 15.8 Å². The number of aliphatic hydroxyl groups is 1. The van der Waals surface area contributed by atoms with Crippen molar-refractivity contribution in [2.24, 2.45) is 0 Å². The first-order chi connectivity index (χ1) is 12.9. The summed E-state index contributed by atoms with van der Waals surface area (Å²) in [6, 6.07) is 11.1. The molecule has 6 nitrogen and oxygen atoms in total. The summed E-state index contributed by atoms with van der Waals surface area (Å²) >= 11 is 0. The lowest BCUT2D eigenvalue weighted by molar-refractivity contribution is -0.147. The number of benzene rings is 2. The Morgan fingerprint density at radius 2 is 1.85 bits per heavy atom. The molecular formula is C19H19FN2O4S. The number of nitrogens with zero attached hydrogens (tertiary/aromatic N) is 2. The molecule has 27 heavy (non-hydrogen) atoms. The summed E-state index contributed by atoms with van der Waals surface area (Å²) in [5.41, 5.74) is 1.32. The molecule has 0 radical (unpaired) electrons. The average Bonchev–Trinajstić information content (AvgIpc) is 2.62. The van der Waals surface area contributed by atoms with Gasteiger partial charge in [0.15, 0.2) is 0 Å². The van der Waals surface area contributed by atoms with E-state index in [0.717, 1.165) is 17.7 Å². The monoisotopic (exact) mass is 390 g/mol. The fourth-order valence-corrected chi connectivity index (χ4v) is 5.77. The van der Waals surface area contributed by atoms with E-state index in [9.17, 15) is 22.7 Å². The van der Waals surface area contributed by atoms with Gasteiger partial charge in [0.25, 0.3) is 10.0 Å². The van der Waals surface area contributed by atoms with Crippen LogP contribution in [0, 0.1) is 5.82 Å². The summed E-state index contributed by atoms with van der Waals surface area (Å²) in [7, 11) is -3.92. The van der Waals surface area contributed by atoms with Crippen molar-refractivity contribution in [2.75, 3.05) is 17.5 Å². The second kappa shape index (κ2) is 6.31. The van der Waals surface area contributed by atoms with Gasteiger partial charge in [-0.25, -0.2) is 12.8 Å². The van der Waals surface area contributed by atoms with Crippen molar-refractivity contribution in [2.45, 2.75) is 29.8 Å². The zero-order chi connectivity index (χ0) is 19.3. The van der Waals surface area contributed by atoms with Gasteiger partial charge >= 0.3 is 0 Å². The van der Waals surface area contributed by atoms with Gasteiger partial charge in [-0.05, 0) is 35.9 Å². The third kappa shape index (κ3) is 2.62. The smallest absolute Gasteiger partial charge is 0.264 e. The minimum absolute atomic E-state index is 0.00967. The molecule has 142 valence electrons. The highest BCUT2D eigenvalue weighted by atomic mass is 32.2. The molecule has 4 rings (SSSR count). The van der Waals surface area contributed by atoms with Crippen LogP contribution in [0.15, 0.2) is 53.4 Å². The number of anilines is 1. The van der Waals surface area contributed by atoms with Crippen molar-refractivity contribution in [3.8, 4) is 0 Å². The number of sulfonamides is 1. The molecule has 0 aliphatic carbocycles. The molecule has 0 saturated carbocycles. The summed E-state index contributed by atoms with van der Waals surface area (Å²) < 4.78 is 40.9. The molecule has 0 spiro atoms. The number of rotatable bonds is 3. The second-order valence-corrected chi connectivity index (χ2v) is 8.68. The van der Waals surface area contributed by atoms with Crippen LogP contribution in [-0.4, -0.2) is 49.6 Å². The van der Waals surface area contributed by atoms with Gasteiger partial charge in [-0.15, -0.1) is 0 Å². The zero-order valence-corrected chi connectivity index (χ0v) is 15.4. The van der Waals surface area contributed by atoms with E-state index in [2.05, 4.69) is 0 Å². The largest absolute Gasteiger partial charge is 0.394 e. The molecule has 0 bridgehead atoms. The number of hydrogen-bond acceptors (Lipinski definition) is 4. The summed E-state index contributed by atoms with van der Waals surface area (Å²) in [6.45, 7) is 1.33. The zero-order valence-electron chi connectivity index (χ0n) is 14.6. The third-order valence-electron chi connectivity index (χ3n) is 5.41. The van der Waals surface area contributed by atoms with Crippen molar-refractivity contribution in [3.05, 3.63) is 59.9 Å². The fourth-order valence-electron chi connectivity index (χ4n) is 4.26. The quantitative estimate of drug-likeness (QED) is 0.866. The van der Waals surface area contributed by atoms with Crippen LogP contribution in [0.5, 0.6) is 0 Å². The van der Waals surface area contributed by atoms with E-state index in [1.165, 1.54) is 23.4 Å². The highest BCUT2D eigenvalue weighted by molar-refractivity contribution is 7.92. The van der Waals surface area contributed by atoms with Gasteiger partial charge in [-0.2, -0.15) is 0 Å². The number of likely N-dealkylation sites (tertiary alicyclic amines) is 1. The van der Waals surface area contributed by atoms with E-state index in [4.69, 9.17) is 0 Å².